The van der Waals surface area contributed by atoms with E-state index < -0.39 is 18.6 Å². The first-order valence-electron chi connectivity index (χ1n) is 10.7. The van der Waals surface area contributed by atoms with Crippen molar-refractivity contribution in [1.29, 1.82) is 0 Å². The maximum atomic E-state index is 13.5. The number of allylic oxidation sites excluding steroid dienone is 2. The van der Waals surface area contributed by atoms with Gasteiger partial charge < -0.3 is 20.1 Å². The van der Waals surface area contributed by atoms with Gasteiger partial charge in [0.05, 0.1) is 17.4 Å². The van der Waals surface area contributed by atoms with Crippen molar-refractivity contribution in [3.05, 3.63) is 41.6 Å². The molecule has 0 saturated carbocycles. The van der Waals surface area contributed by atoms with Crippen LogP contribution in [-0.2, 0) is 20.8 Å². The normalized spacial score (nSPS) is 19.1. The summed E-state index contributed by atoms with van der Waals surface area (Å²) in [6, 6.07) is 1.78. The van der Waals surface area contributed by atoms with Crippen LogP contribution in [0.1, 0.15) is 33.1 Å². The minimum atomic E-state index is -2.85. The van der Waals surface area contributed by atoms with Gasteiger partial charge in [-0.25, -0.2) is 13.8 Å². The van der Waals surface area contributed by atoms with Crippen LogP contribution in [0.5, 0.6) is 0 Å². The summed E-state index contributed by atoms with van der Waals surface area (Å²) in [6.07, 6.45) is 6.23. The van der Waals surface area contributed by atoms with Crippen LogP contribution in [-0.4, -0.2) is 52.5 Å². The van der Waals surface area contributed by atoms with Gasteiger partial charge in [-0.05, 0) is 31.4 Å². The van der Waals surface area contributed by atoms with Gasteiger partial charge in [-0.15, -0.1) is 0 Å². The summed E-state index contributed by atoms with van der Waals surface area (Å²) >= 11 is 0. The summed E-state index contributed by atoms with van der Waals surface area (Å²) in [5.41, 5.74) is 2.48. The summed E-state index contributed by atoms with van der Waals surface area (Å²) in [6.45, 7) is 4.15. The molecule has 2 N–H and O–H groups in total. The van der Waals surface area contributed by atoms with E-state index in [0.717, 1.165) is 23.0 Å². The molecule has 2 aliphatic heterocycles. The molecule has 0 aliphatic carbocycles. The maximum Gasteiger partial charge on any atom is 0.281 e. The lowest BCUT2D eigenvalue weighted by molar-refractivity contribution is -0.124. The van der Waals surface area contributed by atoms with Gasteiger partial charge in [0.1, 0.15) is 11.9 Å². The molecule has 1 atom stereocenters. The fourth-order valence-corrected chi connectivity index (χ4v) is 3.67. The minimum absolute atomic E-state index is 0.198. The molecule has 1 fully saturated rings. The number of anilines is 1. The molecule has 4 heterocycles. The van der Waals surface area contributed by atoms with Crippen molar-refractivity contribution in [2.45, 2.75) is 51.7 Å². The van der Waals surface area contributed by atoms with E-state index in [0.29, 0.717) is 43.3 Å². The monoisotopic (exact) mass is 447 g/mol. The Labute approximate surface area is 184 Å². The van der Waals surface area contributed by atoms with Crippen LogP contribution in [0.2, 0.25) is 0 Å². The highest BCUT2D eigenvalue weighted by atomic mass is 19.3. The molecular formula is C22H27F2N5O3. The number of aromatic nitrogens is 3. The largest absolute Gasteiger partial charge is 0.473 e. The van der Waals surface area contributed by atoms with Crippen molar-refractivity contribution in [3.63, 3.8) is 0 Å². The van der Waals surface area contributed by atoms with Crippen molar-refractivity contribution >= 4 is 22.6 Å². The number of ether oxygens (including phenoxy) is 2. The third kappa shape index (κ3) is 5.07. The molecule has 2 aliphatic rings. The fraction of sp³-hybridized carbons (Fsp3) is 0.500. The summed E-state index contributed by atoms with van der Waals surface area (Å²) in [5, 5.41) is 11.2. The fourth-order valence-electron chi connectivity index (χ4n) is 3.67. The van der Waals surface area contributed by atoms with Gasteiger partial charge in [0.2, 0.25) is 0 Å². The number of nitrogens with one attached hydrogen (secondary N) is 2. The first-order chi connectivity index (χ1) is 15.3. The van der Waals surface area contributed by atoms with Gasteiger partial charge in [-0.3, -0.25) is 9.48 Å². The molecule has 4 rings (SSSR count). The van der Waals surface area contributed by atoms with E-state index in [2.05, 4.69) is 20.7 Å². The van der Waals surface area contributed by atoms with Crippen molar-refractivity contribution < 1.29 is 23.0 Å². The summed E-state index contributed by atoms with van der Waals surface area (Å²) in [7, 11) is 0. The third-order valence-corrected chi connectivity index (χ3v) is 5.51. The number of amides is 1. The van der Waals surface area contributed by atoms with Crippen molar-refractivity contribution in [2.24, 2.45) is 0 Å². The molecule has 1 saturated heterocycles. The molecule has 8 nitrogen and oxygen atoms in total. The summed E-state index contributed by atoms with van der Waals surface area (Å²) < 4.78 is 39.4. The zero-order chi connectivity index (χ0) is 22.7. The molecule has 0 spiro atoms. The zero-order valence-corrected chi connectivity index (χ0v) is 18.2. The SMILES string of the molecule is CCC(F)(F)COC1=C(C)C=C(Cn2cc3c(NC(=O)[C@@H]4CCCO4)nccc3n2)CN1. The molecule has 0 unspecified atom stereocenters. The second kappa shape index (κ2) is 9.23. The van der Waals surface area contributed by atoms with E-state index in [1.165, 1.54) is 6.92 Å². The maximum absolute atomic E-state index is 13.5. The zero-order valence-electron chi connectivity index (χ0n) is 18.2. The number of nitrogens with zero attached hydrogens (tertiary/aromatic N) is 3. The van der Waals surface area contributed by atoms with Crippen LogP contribution in [0, 0.1) is 0 Å². The number of alkyl halides is 2. The van der Waals surface area contributed by atoms with Crippen LogP contribution >= 0.6 is 0 Å². The Morgan fingerprint density at radius 2 is 2.31 bits per heavy atom. The van der Waals surface area contributed by atoms with E-state index in [4.69, 9.17) is 9.47 Å². The van der Waals surface area contributed by atoms with E-state index in [1.807, 2.05) is 19.2 Å². The molecule has 32 heavy (non-hydrogen) atoms. The molecule has 1 amide bonds. The highest BCUT2D eigenvalue weighted by Crippen LogP contribution is 2.24. The quantitative estimate of drug-likeness (QED) is 0.645. The number of carbonyl (C=O) groups is 1. The number of dihydropyridines is 1. The van der Waals surface area contributed by atoms with Gasteiger partial charge in [-0.2, -0.15) is 5.10 Å². The Bertz CT molecular complexity index is 1060. The first kappa shape index (κ1) is 22.2. The lowest BCUT2D eigenvalue weighted by atomic mass is 10.1. The number of carbonyl (C=O) groups excluding carboxylic acids is 1. The molecule has 2 aromatic rings. The van der Waals surface area contributed by atoms with Crippen molar-refractivity contribution in [3.8, 4) is 0 Å². The van der Waals surface area contributed by atoms with Crippen LogP contribution in [0.15, 0.2) is 41.6 Å². The number of halogens is 2. The Morgan fingerprint density at radius 1 is 1.47 bits per heavy atom. The van der Waals surface area contributed by atoms with Gasteiger partial charge >= 0.3 is 0 Å². The van der Waals surface area contributed by atoms with Crippen molar-refractivity contribution in [1.82, 2.24) is 20.1 Å². The predicted octanol–water partition coefficient (Wildman–Crippen LogP) is 3.37. The lowest BCUT2D eigenvalue weighted by Crippen LogP contribution is -2.29. The Hall–Kier alpha value is -3.01. The Kier molecular flexibility index (Phi) is 6.40. The molecular weight excluding hydrogens is 420 g/mol. The molecule has 0 aromatic carbocycles. The molecule has 172 valence electrons. The second-order valence-electron chi connectivity index (χ2n) is 8.08. The van der Waals surface area contributed by atoms with Gasteiger partial charge in [0.25, 0.3) is 11.8 Å². The topological polar surface area (TPSA) is 90.3 Å². The number of fused-ring (bicyclic) bond motifs is 1. The smallest absolute Gasteiger partial charge is 0.281 e. The Balaban J connectivity index is 1.45. The average molecular weight is 447 g/mol. The van der Waals surface area contributed by atoms with Gasteiger partial charge in [0, 0.05) is 37.5 Å². The van der Waals surface area contributed by atoms with E-state index >= 15 is 0 Å². The van der Waals surface area contributed by atoms with Crippen LogP contribution in [0.4, 0.5) is 14.6 Å². The molecule has 2 aromatic heterocycles. The summed E-state index contributed by atoms with van der Waals surface area (Å²) in [4.78, 5) is 16.7. The number of rotatable bonds is 8. The van der Waals surface area contributed by atoms with Crippen LogP contribution in [0.25, 0.3) is 10.9 Å². The first-order valence-corrected chi connectivity index (χ1v) is 10.7. The van der Waals surface area contributed by atoms with Gasteiger partial charge in [-0.1, -0.05) is 13.0 Å². The lowest BCUT2D eigenvalue weighted by Gasteiger charge is -2.23. The van der Waals surface area contributed by atoms with Crippen molar-refractivity contribution in [2.75, 3.05) is 25.1 Å². The second-order valence-corrected chi connectivity index (χ2v) is 8.08. The number of pyridine rings is 1. The average Bonchev–Trinajstić information content (AvgIpc) is 3.43. The highest BCUT2D eigenvalue weighted by molar-refractivity contribution is 6.00. The van der Waals surface area contributed by atoms with E-state index in [-0.39, 0.29) is 12.3 Å². The minimum Gasteiger partial charge on any atom is -0.473 e. The molecule has 0 radical (unpaired) electrons. The van der Waals surface area contributed by atoms with Gasteiger partial charge in [0.15, 0.2) is 12.5 Å². The van der Waals surface area contributed by atoms with E-state index in [1.54, 1.807) is 16.9 Å². The highest BCUT2D eigenvalue weighted by Gasteiger charge is 2.28. The van der Waals surface area contributed by atoms with Crippen LogP contribution in [0.3, 0.4) is 0 Å². The molecule has 0 bridgehead atoms. The summed E-state index contributed by atoms with van der Waals surface area (Å²) in [5.74, 6) is -2.22. The number of hydrogen-bond acceptors (Lipinski definition) is 6. The van der Waals surface area contributed by atoms with Crippen LogP contribution < -0.4 is 10.6 Å². The number of hydrogen-bond donors (Lipinski definition) is 2. The standard InChI is InChI=1S/C22H27F2N5O3/c1-3-22(23,24)13-32-21-14(2)9-15(10-26-21)11-29-12-16-17(28-29)6-7-25-19(16)27-20(30)18-5-4-8-31-18/h6-7,9,12,18,26H,3-5,8,10-11,13H2,1-2H3,(H,25,27,30)/t18-/m0/s1. The third-order valence-electron chi connectivity index (χ3n) is 5.51. The predicted molar refractivity (Wildman–Crippen MR) is 115 cm³/mol. The molecule has 10 heteroatoms. The Morgan fingerprint density at radius 3 is 3.03 bits per heavy atom. The van der Waals surface area contributed by atoms with E-state index in [9.17, 15) is 13.6 Å².